The second kappa shape index (κ2) is 8.67. The quantitative estimate of drug-likeness (QED) is 0.556. The Morgan fingerprint density at radius 3 is 2.41 bits per heavy atom. The van der Waals surface area contributed by atoms with Gasteiger partial charge in [-0.1, -0.05) is 36.0 Å². The van der Waals surface area contributed by atoms with Crippen molar-refractivity contribution in [1.29, 1.82) is 0 Å². The van der Waals surface area contributed by atoms with E-state index in [4.69, 9.17) is 27.9 Å². The summed E-state index contributed by atoms with van der Waals surface area (Å²) < 4.78 is 5.00. The minimum absolute atomic E-state index is 0.0941. The number of pyridine rings is 1. The molecule has 1 saturated carbocycles. The van der Waals surface area contributed by atoms with Crippen LogP contribution in [0.4, 0.5) is 5.82 Å². The van der Waals surface area contributed by atoms with Crippen LogP contribution in [0.2, 0.25) is 10.0 Å². The second-order valence-electron chi connectivity index (χ2n) is 7.27. The van der Waals surface area contributed by atoms with Crippen molar-refractivity contribution >= 4 is 52.7 Å². The Bertz CT molecular complexity index is 852. The van der Waals surface area contributed by atoms with Crippen LogP contribution in [0, 0.1) is 18.8 Å². The normalized spacial score (nSPS) is 22.3. The molecule has 0 unspecified atom stereocenters. The molecule has 3 atom stereocenters. The first-order chi connectivity index (χ1) is 13.7. The van der Waals surface area contributed by atoms with E-state index in [1.54, 1.807) is 6.92 Å². The number of esters is 1. The summed E-state index contributed by atoms with van der Waals surface area (Å²) >= 11 is 12.0. The van der Waals surface area contributed by atoms with Gasteiger partial charge in [0, 0.05) is 6.20 Å². The molecule has 156 valence electrons. The van der Waals surface area contributed by atoms with Gasteiger partial charge in [-0.05, 0) is 32.3 Å². The number of carbonyl (C=O) groups is 4. The second-order valence-corrected chi connectivity index (χ2v) is 8.05. The SMILES string of the molecule is Cc1c(Cl)cnc(NC(=O)COC(=O)[C@H](C)N2C(=O)[C@H]3CCCC[C@@H]3C2=O)c1Cl. The first kappa shape index (κ1) is 21.5. The molecule has 1 aromatic rings. The Labute approximate surface area is 177 Å². The van der Waals surface area contributed by atoms with Crippen LogP contribution < -0.4 is 5.32 Å². The fourth-order valence-corrected chi connectivity index (χ4v) is 4.13. The molecule has 10 heteroatoms. The molecule has 8 nitrogen and oxygen atoms in total. The third-order valence-electron chi connectivity index (χ3n) is 5.41. The maximum atomic E-state index is 12.6. The Kier molecular flexibility index (Phi) is 6.43. The summed E-state index contributed by atoms with van der Waals surface area (Å²) in [6.07, 6.45) is 4.45. The monoisotopic (exact) mass is 441 g/mol. The molecule has 3 rings (SSSR count). The third kappa shape index (κ3) is 4.23. The number of amides is 3. The minimum atomic E-state index is -1.09. The molecule has 1 aliphatic carbocycles. The number of fused-ring (bicyclic) bond motifs is 1. The van der Waals surface area contributed by atoms with E-state index in [-0.39, 0.29) is 34.5 Å². The minimum Gasteiger partial charge on any atom is -0.454 e. The number of hydrogen-bond acceptors (Lipinski definition) is 6. The van der Waals surface area contributed by atoms with Gasteiger partial charge in [0.15, 0.2) is 12.4 Å². The van der Waals surface area contributed by atoms with E-state index in [1.807, 2.05) is 0 Å². The predicted molar refractivity (Wildman–Crippen MR) is 105 cm³/mol. The number of rotatable bonds is 5. The molecule has 0 aromatic carbocycles. The van der Waals surface area contributed by atoms with Crippen molar-refractivity contribution in [3.63, 3.8) is 0 Å². The largest absolute Gasteiger partial charge is 0.454 e. The Balaban J connectivity index is 1.57. The van der Waals surface area contributed by atoms with Crippen LogP contribution in [-0.2, 0) is 23.9 Å². The lowest BCUT2D eigenvalue weighted by atomic mass is 9.81. The van der Waals surface area contributed by atoms with Crippen molar-refractivity contribution in [3.05, 3.63) is 21.8 Å². The number of carbonyl (C=O) groups excluding carboxylic acids is 4. The van der Waals surface area contributed by atoms with Crippen LogP contribution in [0.1, 0.15) is 38.2 Å². The van der Waals surface area contributed by atoms with Gasteiger partial charge in [0.2, 0.25) is 11.8 Å². The number of hydrogen-bond donors (Lipinski definition) is 1. The lowest BCUT2D eigenvalue weighted by Crippen LogP contribution is -2.45. The van der Waals surface area contributed by atoms with Crippen LogP contribution >= 0.6 is 23.2 Å². The number of anilines is 1. The summed E-state index contributed by atoms with van der Waals surface area (Å²) in [7, 11) is 0. The lowest BCUT2D eigenvalue weighted by molar-refractivity contribution is -0.159. The molecule has 0 bridgehead atoms. The first-order valence-electron chi connectivity index (χ1n) is 9.36. The van der Waals surface area contributed by atoms with Gasteiger partial charge in [-0.2, -0.15) is 0 Å². The van der Waals surface area contributed by atoms with Crippen LogP contribution in [0.5, 0.6) is 0 Å². The van der Waals surface area contributed by atoms with E-state index in [1.165, 1.54) is 13.1 Å². The molecular weight excluding hydrogens is 421 g/mol. The molecule has 0 spiro atoms. The van der Waals surface area contributed by atoms with E-state index in [0.717, 1.165) is 17.7 Å². The average Bonchev–Trinajstić information content (AvgIpc) is 2.96. The molecule has 0 radical (unpaired) electrons. The van der Waals surface area contributed by atoms with Crippen molar-refractivity contribution in [2.24, 2.45) is 11.8 Å². The first-order valence-corrected chi connectivity index (χ1v) is 10.1. The van der Waals surface area contributed by atoms with Gasteiger partial charge < -0.3 is 10.1 Å². The van der Waals surface area contributed by atoms with Crippen LogP contribution in [0.15, 0.2) is 6.20 Å². The molecular formula is C19H21Cl2N3O5. The van der Waals surface area contributed by atoms with Gasteiger partial charge in [0.1, 0.15) is 6.04 Å². The van der Waals surface area contributed by atoms with Gasteiger partial charge in [-0.15, -0.1) is 0 Å². The van der Waals surface area contributed by atoms with Crippen molar-refractivity contribution < 1.29 is 23.9 Å². The van der Waals surface area contributed by atoms with Gasteiger partial charge in [0.25, 0.3) is 5.91 Å². The molecule has 1 N–H and O–H groups in total. The molecule has 1 saturated heterocycles. The van der Waals surface area contributed by atoms with E-state index in [9.17, 15) is 19.2 Å². The number of ether oxygens (including phenoxy) is 1. The standard InChI is InChI=1S/C19H21Cl2N3O5/c1-9-13(20)7-22-16(15(9)21)23-14(25)8-29-19(28)10(2)24-17(26)11-5-3-4-6-12(11)18(24)27/h7,10-12H,3-6,8H2,1-2H3,(H,22,23,25)/t10-,11-,12-/m0/s1. The topological polar surface area (TPSA) is 106 Å². The smallest absolute Gasteiger partial charge is 0.329 e. The van der Waals surface area contributed by atoms with Crippen LogP contribution in [0.25, 0.3) is 0 Å². The maximum Gasteiger partial charge on any atom is 0.329 e. The number of aromatic nitrogens is 1. The lowest BCUT2D eigenvalue weighted by Gasteiger charge is -2.21. The summed E-state index contributed by atoms with van der Waals surface area (Å²) in [5, 5.41) is 2.97. The summed E-state index contributed by atoms with van der Waals surface area (Å²) in [6, 6.07) is -1.09. The highest BCUT2D eigenvalue weighted by Gasteiger charge is 2.51. The predicted octanol–water partition coefficient (Wildman–Crippen LogP) is 2.74. The van der Waals surface area contributed by atoms with Gasteiger partial charge in [-0.3, -0.25) is 19.3 Å². The molecule has 1 aliphatic heterocycles. The summed E-state index contributed by atoms with van der Waals surface area (Å²) in [6.45, 7) is 2.49. The molecule has 2 fully saturated rings. The number of nitrogens with zero attached hydrogens (tertiary/aromatic N) is 2. The van der Waals surface area contributed by atoms with Crippen LogP contribution in [0.3, 0.4) is 0 Å². The zero-order chi connectivity index (χ0) is 21.3. The number of imide groups is 1. The van der Waals surface area contributed by atoms with E-state index in [0.29, 0.717) is 23.4 Å². The molecule has 2 heterocycles. The van der Waals surface area contributed by atoms with Crippen molar-refractivity contribution in [1.82, 2.24) is 9.88 Å². The zero-order valence-corrected chi connectivity index (χ0v) is 17.5. The molecule has 1 aromatic heterocycles. The van der Waals surface area contributed by atoms with Crippen LogP contribution in [-0.4, -0.2) is 46.2 Å². The number of likely N-dealkylation sites (tertiary alicyclic amines) is 1. The van der Waals surface area contributed by atoms with E-state index < -0.39 is 24.5 Å². The Morgan fingerprint density at radius 1 is 1.24 bits per heavy atom. The zero-order valence-electron chi connectivity index (χ0n) is 16.0. The molecule has 2 aliphatic rings. The highest BCUT2D eigenvalue weighted by atomic mass is 35.5. The Hall–Kier alpha value is -2.19. The van der Waals surface area contributed by atoms with Crippen molar-refractivity contribution in [3.8, 4) is 0 Å². The fraction of sp³-hybridized carbons (Fsp3) is 0.526. The summed E-state index contributed by atoms with van der Waals surface area (Å²) in [5.41, 5.74) is 0.553. The van der Waals surface area contributed by atoms with Crippen molar-refractivity contribution in [2.75, 3.05) is 11.9 Å². The highest BCUT2D eigenvalue weighted by molar-refractivity contribution is 6.37. The molecule has 3 amide bonds. The van der Waals surface area contributed by atoms with Gasteiger partial charge in [0.05, 0.1) is 21.9 Å². The van der Waals surface area contributed by atoms with Gasteiger partial charge >= 0.3 is 5.97 Å². The Morgan fingerprint density at radius 2 is 1.83 bits per heavy atom. The number of nitrogens with one attached hydrogen (secondary N) is 1. The third-order valence-corrected chi connectivity index (χ3v) is 6.25. The van der Waals surface area contributed by atoms with Crippen molar-refractivity contribution in [2.45, 2.75) is 45.6 Å². The van der Waals surface area contributed by atoms with E-state index >= 15 is 0 Å². The highest BCUT2D eigenvalue weighted by Crippen LogP contribution is 2.39. The molecule has 29 heavy (non-hydrogen) atoms. The fourth-order valence-electron chi connectivity index (χ4n) is 3.74. The van der Waals surface area contributed by atoms with Gasteiger partial charge in [-0.25, -0.2) is 9.78 Å². The maximum absolute atomic E-state index is 12.6. The van der Waals surface area contributed by atoms with E-state index in [2.05, 4.69) is 10.3 Å². The summed E-state index contributed by atoms with van der Waals surface area (Å²) in [4.78, 5) is 54.4. The number of halogens is 2. The average molecular weight is 442 g/mol. The summed E-state index contributed by atoms with van der Waals surface area (Å²) in [5.74, 6) is -2.76.